The number of nitrogens with zero attached hydrogens (tertiary/aromatic N) is 5. The summed E-state index contributed by atoms with van der Waals surface area (Å²) in [6.07, 6.45) is 2.31. The molecule has 178 valence electrons. The van der Waals surface area contributed by atoms with Crippen molar-refractivity contribution < 1.29 is 13.3 Å². The van der Waals surface area contributed by atoms with Gasteiger partial charge >= 0.3 is 0 Å². The van der Waals surface area contributed by atoms with E-state index in [1.54, 1.807) is 6.07 Å². The molecule has 1 atom stereocenters. The Morgan fingerprint density at radius 3 is 2.56 bits per heavy atom. The summed E-state index contributed by atoms with van der Waals surface area (Å²) >= 11 is 0. The molecule has 0 saturated carbocycles. The third kappa shape index (κ3) is 7.09. The van der Waals surface area contributed by atoms with E-state index in [9.17, 15) is 8.78 Å². The lowest BCUT2D eigenvalue weighted by atomic mass is 10.0. The van der Waals surface area contributed by atoms with Gasteiger partial charge in [0.25, 0.3) is 0 Å². The number of benzene rings is 1. The first-order valence-electron chi connectivity index (χ1n) is 11.0. The minimum absolute atomic E-state index is 0. The number of hydrogen-bond acceptors (Lipinski definition) is 5. The molecule has 2 aromatic rings. The maximum Gasteiger partial charge on any atom is 0.226 e. The van der Waals surface area contributed by atoms with E-state index in [2.05, 4.69) is 32.2 Å². The number of aryl methyl sites for hydroxylation is 2. The number of nitrogens with one attached hydrogen (secondary N) is 1. The average Bonchev–Trinajstić information content (AvgIpc) is 3.18. The van der Waals surface area contributed by atoms with Crippen LogP contribution in [0.2, 0.25) is 0 Å². The normalized spacial score (nSPS) is 16.0. The Kier molecular flexibility index (Phi) is 10.8. The van der Waals surface area contributed by atoms with Crippen LogP contribution in [0.4, 0.5) is 8.78 Å². The van der Waals surface area contributed by atoms with Gasteiger partial charge in [-0.15, -0.1) is 24.0 Å². The number of rotatable bonds is 8. The van der Waals surface area contributed by atoms with Gasteiger partial charge < -0.3 is 14.7 Å². The Hall–Kier alpha value is -1.82. The van der Waals surface area contributed by atoms with Gasteiger partial charge in [0.2, 0.25) is 5.89 Å². The third-order valence-corrected chi connectivity index (χ3v) is 5.48. The molecule has 0 amide bonds. The van der Waals surface area contributed by atoms with Crippen LogP contribution in [0.15, 0.2) is 27.7 Å². The van der Waals surface area contributed by atoms with Crippen LogP contribution in [-0.2, 0) is 6.42 Å². The molecule has 2 heterocycles. The molecule has 32 heavy (non-hydrogen) atoms. The van der Waals surface area contributed by atoms with Gasteiger partial charge in [-0.25, -0.2) is 8.78 Å². The molecule has 0 aliphatic carbocycles. The average molecular weight is 562 g/mol. The van der Waals surface area contributed by atoms with Crippen LogP contribution in [0, 0.1) is 18.6 Å². The largest absolute Gasteiger partial charge is 0.357 e. The highest BCUT2D eigenvalue weighted by molar-refractivity contribution is 14.0. The van der Waals surface area contributed by atoms with E-state index >= 15 is 0 Å². The van der Waals surface area contributed by atoms with Crippen LogP contribution < -0.4 is 5.32 Å². The lowest BCUT2D eigenvalue weighted by Crippen LogP contribution is -2.53. The summed E-state index contributed by atoms with van der Waals surface area (Å²) in [5.41, 5.74) is 0.564. The number of piperazine rings is 1. The fourth-order valence-electron chi connectivity index (χ4n) is 3.97. The minimum atomic E-state index is -0.540. The number of halogens is 3. The molecule has 3 rings (SSSR count). The summed E-state index contributed by atoms with van der Waals surface area (Å²) in [6.45, 7) is 10.5. The first-order valence-corrected chi connectivity index (χ1v) is 11.0. The zero-order valence-corrected chi connectivity index (χ0v) is 21.3. The first-order chi connectivity index (χ1) is 15.0. The van der Waals surface area contributed by atoms with E-state index < -0.39 is 11.6 Å². The van der Waals surface area contributed by atoms with Crippen molar-refractivity contribution in [1.29, 1.82) is 0 Å². The zero-order valence-electron chi connectivity index (χ0n) is 19.0. The Labute approximate surface area is 205 Å². The quantitative estimate of drug-likeness (QED) is 0.228. The molecule has 0 radical (unpaired) electrons. The van der Waals surface area contributed by atoms with Crippen molar-refractivity contribution in [2.24, 2.45) is 4.99 Å². The van der Waals surface area contributed by atoms with E-state index in [4.69, 9.17) is 9.52 Å². The Bertz CT molecular complexity index is 870. The summed E-state index contributed by atoms with van der Waals surface area (Å²) in [5, 5.41) is 7.17. The molecule has 1 aromatic carbocycles. The van der Waals surface area contributed by atoms with Crippen molar-refractivity contribution in [3.63, 3.8) is 0 Å². The molecule has 1 aliphatic heterocycles. The van der Waals surface area contributed by atoms with Crippen molar-refractivity contribution in [3.8, 4) is 0 Å². The molecular weight excluding hydrogens is 529 g/mol. The Morgan fingerprint density at radius 1 is 1.22 bits per heavy atom. The predicted molar refractivity (Wildman–Crippen MR) is 131 cm³/mol. The van der Waals surface area contributed by atoms with Crippen LogP contribution in [0.5, 0.6) is 0 Å². The summed E-state index contributed by atoms with van der Waals surface area (Å²) < 4.78 is 32.8. The van der Waals surface area contributed by atoms with Gasteiger partial charge in [-0.05, 0) is 32.8 Å². The maximum absolute atomic E-state index is 14.3. The second kappa shape index (κ2) is 13.0. The van der Waals surface area contributed by atoms with Crippen molar-refractivity contribution >= 4 is 29.9 Å². The number of aliphatic imine (C=N–C) groups is 1. The van der Waals surface area contributed by atoms with Gasteiger partial charge in [0.15, 0.2) is 11.8 Å². The van der Waals surface area contributed by atoms with Crippen LogP contribution in [0.3, 0.4) is 0 Å². The Balaban J connectivity index is 0.00000363. The van der Waals surface area contributed by atoms with Gasteiger partial charge in [-0.3, -0.25) is 9.89 Å². The molecule has 1 unspecified atom stereocenters. The monoisotopic (exact) mass is 562 g/mol. The number of aromatic nitrogens is 2. The summed E-state index contributed by atoms with van der Waals surface area (Å²) in [6, 6.07) is 3.82. The molecule has 7 nitrogen and oxygen atoms in total. The molecular formula is C22H33F2IN6O. The van der Waals surface area contributed by atoms with E-state index in [0.717, 1.165) is 57.6 Å². The topological polar surface area (TPSA) is 69.8 Å². The molecule has 0 spiro atoms. The molecule has 10 heteroatoms. The lowest BCUT2D eigenvalue weighted by molar-refractivity contribution is 0.124. The smallest absolute Gasteiger partial charge is 0.226 e. The highest BCUT2D eigenvalue weighted by Gasteiger charge is 2.27. The minimum Gasteiger partial charge on any atom is -0.357 e. The van der Waals surface area contributed by atoms with Gasteiger partial charge in [-0.1, -0.05) is 18.1 Å². The van der Waals surface area contributed by atoms with Gasteiger partial charge in [0.1, 0.15) is 11.6 Å². The van der Waals surface area contributed by atoms with Crippen LogP contribution in [0.25, 0.3) is 0 Å². The number of guanidine groups is 1. The van der Waals surface area contributed by atoms with E-state index in [0.29, 0.717) is 30.2 Å². The molecule has 0 bridgehead atoms. The highest BCUT2D eigenvalue weighted by Crippen LogP contribution is 2.28. The van der Waals surface area contributed by atoms with Crippen molar-refractivity contribution in [2.75, 3.05) is 39.3 Å². The van der Waals surface area contributed by atoms with Crippen molar-refractivity contribution in [3.05, 3.63) is 47.1 Å². The summed E-state index contributed by atoms with van der Waals surface area (Å²) in [7, 11) is 0. The molecule has 1 aromatic heterocycles. The standard InChI is InChI=1S/C22H32F2N6O.HI/c1-4-20(18-9-8-17(23)15-19(18)24)29-11-13-30(14-12-29)22(25-5-2)26-10-6-7-21-27-16(3)28-31-21;/h8-9,15,20H,4-7,10-14H2,1-3H3,(H,25,26);1H. The molecule has 1 N–H and O–H groups in total. The van der Waals surface area contributed by atoms with Crippen LogP contribution in [-0.4, -0.2) is 65.2 Å². The van der Waals surface area contributed by atoms with Crippen molar-refractivity contribution in [1.82, 2.24) is 25.3 Å². The SMILES string of the molecule is CCNC(=NCCCc1nc(C)no1)N1CCN(C(CC)c2ccc(F)cc2F)CC1.I. The summed E-state index contributed by atoms with van der Waals surface area (Å²) in [5.74, 6) is 1.17. The van der Waals surface area contributed by atoms with E-state index in [1.807, 2.05) is 13.8 Å². The van der Waals surface area contributed by atoms with E-state index in [1.165, 1.54) is 6.07 Å². The van der Waals surface area contributed by atoms with Crippen LogP contribution in [0.1, 0.15) is 50.0 Å². The zero-order chi connectivity index (χ0) is 22.2. The van der Waals surface area contributed by atoms with Gasteiger partial charge in [0, 0.05) is 63.4 Å². The van der Waals surface area contributed by atoms with Gasteiger partial charge in [-0.2, -0.15) is 4.98 Å². The third-order valence-electron chi connectivity index (χ3n) is 5.48. The van der Waals surface area contributed by atoms with Crippen LogP contribution >= 0.6 is 24.0 Å². The first kappa shape index (κ1) is 26.4. The highest BCUT2D eigenvalue weighted by atomic mass is 127. The van der Waals surface area contributed by atoms with Crippen molar-refractivity contribution in [2.45, 2.75) is 46.1 Å². The summed E-state index contributed by atoms with van der Waals surface area (Å²) in [4.78, 5) is 13.5. The molecule has 1 saturated heterocycles. The number of hydrogen-bond donors (Lipinski definition) is 1. The maximum atomic E-state index is 14.3. The lowest BCUT2D eigenvalue weighted by Gasteiger charge is -2.40. The fourth-order valence-corrected chi connectivity index (χ4v) is 3.97. The van der Waals surface area contributed by atoms with E-state index in [-0.39, 0.29) is 30.0 Å². The molecule has 1 aliphatic rings. The van der Waals surface area contributed by atoms with Gasteiger partial charge in [0.05, 0.1) is 0 Å². The Morgan fingerprint density at radius 2 is 1.97 bits per heavy atom. The second-order valence-corrected chi connectivity index (χ2v) is 7.69. The predicted octanol–water partition coefficient (Wildman–Crippen LogP) is 3.94. The second-order valence-electron chi connectivity index (χ2n) is 7.69. The fraction of sp³-hybridized carbons (Fsp3) is 0.591. The molecule has 1 fully saturated rings.